The van der Waals surface area contributed by atoms with E-state index in [1.165, 1.54) is 6.07 Å². The van der Waals surface area contributed by atoms with Crippen molar-refractivity contribution >= 4 is 11.0 Å². The van der Waals surface area contributed by atoms with Crippen LogP contribution in [0.5, 0.6) is 5.75 Å². The number of aryl methyl sites for hydroxylation is 1. The maximum atomic E-state index is 11.4. The summed E-state index contributed by atoms with van der Waals surface area (Å²) in [5.74, 6) is 0.674. The molecule has 0 radical (unpaired) electrons. The third-order valence-corrected chi connectivity index (χ3v) is 3.33. The van der Waals surface area contributed by atoms with Gasteiger partial charge in [-0.3, -0.25) is 0 Å². The van der Waals surface area contributed by atoms with Crippen molar-refractivity contribution in [1.82, 2.24) is 0 Å². The fraction of sp³-hybridized carbons (Fsp3) is 0.400. The summed E-state index contributed by atoms with van der Waals surface area (Å²) in [6.45, 7) is 2.64. The molecule has 0 spiro atoms. The van der Waals surface area contributed by atoms with Crippen LogP contribution in [-0.2, 0) is 4.74 Å². The van der Waals surface area contributed by atoms with Crippen LogP contribution in [0.15, 0.2) is 33.5 Å². The minimum Gasteiger partial charge on any atom is -0.465 e. The van der Waals surface area contributed by atoms with E-state index in [9.17, 15) is 4.79 Å². The van der Waals surface area contributed by atoms with E-state index >= 15 is 0 Å². The number of benzene rings is 1. The molecule has 0 N–H and O–H groups in total. The van der Waals surface area contributed by atoms with Crippen molar-refractivity contribution in [1.29, 1.82) is 0 Å². The highest BCUT2D eigenvalue weighted by Crippen LogP contribution is 2.24. The molecular formula is C15H16O4. The van der Waals surface area contributed by atoms with Gasteiger partial charge in [0.25, 0.3) is 0 Å². The molecule has 3 rings (SSSR count). The molecule has 2 aromatic rings. The van der Waals surface area contributed by atoms with E-state index in [4.69, 9.17) is 13.9 Å². The molecular weight excluding hydrogens is 244 g/mol. The van der Waals surface area contributed by atoms with Gasteiger partial charge in [-0.2, -0.15) is 0 Å². The predicted octanol–water partition coefficient (Wildman–Crippen LogP) is 3.01. The second-order valence-corrected chi connectivity index (χ2v) is 4.82. The Kier molecular flexibility index (Phi) is 3.25. The van der Waals surface area contributed by atoms with Gasteiger partial charge in [-0.25, -0.2) is 4.79 Å². The van der Waals surface area contributed by atoms with Crippen LogP contribution in [0, 0.1) is 6.92 Å². The zero-order chi connectivity index (χ0) is 13.2. The molecule has 1 aromatic carbocycles. The van der Waals surface area contributed by atoms with Crippen LogP contribution in [0.1, 0.15) is 24.8 Å². The van der Waals surface area contributed by atoms with E-state index < -0.39 is 0 Å². The molecule has 2 heterocycles. The van der Waals surface area contributed by atoms with Crippen molar-refractivity contribution in [3.8, 4) is 5.75 Å². The minimum absolute atomic E-state index is 0.192. The molecule has 1 saturated heterocycles. The molecule has 0 amide bonds. The molecule has 0 aliphatic carbocycles. The molecule has 100 valence electrons. The van der Waals surface area contributed by atoms with Gasteiger partial charge in [-0.05, 0) is 37.5 Å². The summed E-state index contributed by atoms with van der Waals surface area (Å²) in [6.07, 6.45) is 2.91. The highest BCUT2D eigenvalue weighted by molar-refractivity contribution is 5.81. The third kappa shape index (κ3) is 2.63. The lowest BCUT2D eigenvalue weighted by Gasteiger charge is -2.23. The number of fused-ring (bicyclic) bond motifs is 1. The number of hydrogen-bond acceptors (Lipinski definition) is 4. The van der Waals surface area contributed by atoms with E-state index in [2.05, 4.69) is 0 Å². The Labute approximate surface area is 110 Å². The number of rotatable bonds is 2. The molecule has 1 atom stereocenters. The molecule has 0 bridgehead atoms. The Balaban J connectivity index is 1.90. The maximum Gasteiger partial charge on any atom is 0.336 e. The summed E-state index contributed by atoms with van der Waals surface area (Å²) in [5.41, 5.74) is 1.13. The first kappa shape index (κ1) is 12.2. The average Bonchev–Trinajstić information content (AvgIpc) is 2.39. The molecule has 19 heavy (non-hydrogen) atoms. The normalized spacial score (nSPS) is 19.5. The Bertz CT molecular complexity index is 638. The molecule has 1 aliphatic heterocycles. The zero-order valence-corrected chi connectivity index (χ0v) is 10.8. The maximum absolute atomic E-state index is 11.4. The first-order valence-electron chi connectivity index (χ1n) is 6.55. The highest BCUT2D eigenvalue weighted by Gasteiger charge is 2.15. The van der Waals surface area contributed by atoms with Gasteiger partial charge < -0.3 is 13.9 Å². The van der Waals surface area contributed by atoms with Crippen molar-refractivity contribution in [3.63, 3.8) is 0 Å². The van der Waals surface area contributed by atoms with Gasteiger partial charge in [0.15, 0.2) is 6.29 Å². The lowest BCUT2D eigenvalue weighted by molar-refractivity contribution is -0.105. The van der Waals surface area contributed by atoms with Gasteiger partial charge in [0, 0.05) is 23.9 Å². The number of hydrogen-bond donors (Lipinski definition) is 0. The first-order chi connectivity index (χ1) is 9.22. The quantitative estimate of drug-likeness (QED) is 0.779. The molecule has 0 saturated carbocycles. The SMILES string of the molecule is Cc1cc(=O)oc2cc(O[C@H]3CCCCO3)ccc12. The van der Waals surface area contributed by atoms with E-state index in [1.807, 2.05) is 19.1 Å². The van der Waals surface area contributed by atoms with Crippen LogP contribution in [-0.4, -0.2) is 12.9 Å². The average molecular weight is 260 g/mol. The summed E-state index contributed by atoms with van der Waals surface area (Å²) >= 11 is 0. The minimum atomic E-state index is -0.337. The highest BCUT2D eigenvalue weighted by atomic mass is 16.7. The summed E-state index contributed by atoms with van der Waals surface area (Å²) in [4.78, 5) is 11.4. The Morgan fingerprint density at radius 2 is 2.16 bits per heavy atom. The van der Waals surface area contributed by atoms with Crippen molar-refractivity contribution in [2.24, 2.45) is 0 Å². The molecule has 0 unspecified atom stereocenters. The van der Waals surface area contributed by atoms with Crippen molar-refractivity contribution < 1.29 is 13.9 Å². The van der Waals surface area contributed by atoms with Crippen LogP contribution < -0.4 is 10.4 Å². The fourth-order valence-electron chi connectivity index (χ4n) is 2.33. The van der Waals surface area contributed by atoms with Crippen molar-refractivity contribution in [2.45, 2.75) is 32.5 Å². The number of ether oxygens (including phenoxy) is 2. The first-order valence-corrected chi connectivity index (χ1v) is 6.55. The predicted molar refractivity (Wildman–Crippen MR) is 71.4 cm³/mol. The molecule has 1 aromatic heterocycles. The largest absolute Gasteiger partial charge is 0.465 e. The van der Waals surface area contributed by atoms with Crippen LogP contribution in [0.3, 0.4) is 0 Å². The van der Waals surface area contributed by atoms with Crippen molar-refractivity contribution in [3.05, 3.63) is 40.2 Å². The second-order valence-electron chi connectivity index (χ2n) is 4.82. The van der Waals surface area contributed by atoms with E-state index in [-0.39, 0.29) is 11.9 Å². The van der Waals surface area contributed by atoms with Crippen LogP contribution in [0.2, 0.25) is 0 Å². The Morgan fingerprint density at radius 1 is 1.26 bits per heavy atom. The van der Waals surface area contributed by atoms with Gasteiger partial charge in [0.2, 0.25) is 0 Å². The molecule has 1 aliphatic rings. The molecule has 1 fully saturated rings. The van der Waals surface area contributed by atoms with Crippen LogP contribution in [0.25, 0.3) is 11.0 Å². The monoisotopic (exact) mass is 260 g/mol. The topological polar surface area (TPSA) is 48.7 Å². The Morgan fingerprint density at radius 3 is 2.95 bits per heavy atom. The lowest BCUT2D eigenvalue weighted by atomic mass is 10.1. The summed E-state index contributed by atoms with van der Waals surface area (Å²) in [7, 11) is 0. The molecule has 4 nitrogen and oxygen atoms in total. The van der Waals surface area contributed by atoms with Gasteiger partial charge in [-0.1, -0.05) is 0 Å². The smallest absolute Gasteiger partial charge is 0.336 e. The summed E-state index contributed by atoms with van der Waals surface area (Å²) in [5, 5.41) is 0.927. The summed E-state index contributed by atoms with van der Waals surface area (Å²) in [6, 6.07) is 7.04. The summed E-state index contributed by atoms with van der Waals surface area (Å²) < 4.78 is 16.5. The van der Waals surface area contributed by atoms with Crippen LogP contribution in [0.4, 0.5) is 0 Å². The van der Waals surface area contributed by atoms with Gasteiger partial charge in [0.05, 0.1) is 6.61 Å². The Hall–Kier alpha value is -1.81. The van der Waals surface area contributed by atoms with E-state index in [0.29, 0.717) is 11.3 Å². The second kappa shape index (κ2) is 5.05. The van der Waals surface area contributed by atoms with E-state index in [0.717, 1.165) is 36.8 Å². The lowest BCUT2D eigenvalue weighted by Crippen LogP contribution is -2.24. The van der Waals surface area contributed by atoms with Crippen molar-refractivity contribution in [2.75, 3.05) is 6.61 Å². The van der Waals surface area contributed by atoms with Gasteiger partial charge in [-0.15, -0.1) is 0 Å². The van der Waals surface area contributed by atoms with Gasteiger partial charge >= 0.3 is 5.63 Å². The fourth-order valence-corrected chi connectivity index (χ4v) is 2.33. The van der Waals surface area contributed by atoms with Crippen LogP contribution >= 0.6 is 0 Å². The molecule has 4 heteroatoms. The standard InChI is InChI=1S/C15H16O4/c1-10-8-14(16)19-13-9-11(5-6-12(10)13)18-15-4-2-3-7-17-15/h5-6,8-9,15H,2-4,7H2,1H3/t15-/m0/s1. The van der Waals surface area contributed by atoms with E-state index in [1.54, 1.807) is 6.07 Å². The zero-order valence-electron chi connectivity index (χ0n) is 10.8. The third-order valence-electron chi connectivity index (χ3n) is 3.33. The van der Waals surface area contributed by atoms with Gasteiger partial charge in [0.1, 0.15) is 11.3 Å².